The van der Waals surface area contributed by atoms with E-state index in [0.29, 0.717) is 42.8 Å². The summed E-state index contributed by atoms with van der Waals surface area (Å²) in [5, 5.41) is 0. The number of benzene rings is 3. The van der Waals surface area contributed by atoms with Gasteiger partial charge in [0.05, 0.1) is 13.7 Å². The van der Waals surface area contributed by atoms with Crippen LogP contribution >= 0.6 is 12.2 Å². The maximum Gasteiger partial charge on any atom is 0.161 e. The smallest absolute Gasteiger partial charge is 0.161 e. The van der Waals surface area contributed by atoms with E-state index in [1.54, 1.807) is 7.11 Å². The van der Waals surface area contributed by atoms with Gasteiger partial charge in [0.15, 0.2) is 23.0 Å². The average Bonchev–Trinajstić information content (AvgIpc) is 2.87. The third-order valence-electron chi connectivity index (χ3n) is 5.58. The summed E-state index contributed by atoms with van der Waals surface area (Å²) >= 11 is 5.84. The Kier molecular flexibility index (Phi) is 7.68. The predicted molar refractivity (Wildman–Crippen MR) is 134 cm³/mol. The van der Waals surface area contributed by atoms with E-state index in [1.807, 2.05) is 49.4 Å². The van der Waals surface area contributed by atoms with Crippen LogP contribution in [-0.4, -0.2) is 43.4 Å². The molecule has 0 atom stereocenters. The Morgan fingerprint density at radius 3 is 2.21 bits per heavy atom. The van der Waals surface area contributed by atoms with Gasteiger partial charge in [0, 0.05) is 18.7 Å². The van der Waals surface area contributed by atoms with Crippen molar-refractivity contribution < 1.29 is 18.9 Å². The van der Waals surface area contributed by atoms with Crippen molar-refractivity contribution in [2.24, 2.45) is 0 Å². The van der Waals surface area contributed by atoms with E-state index < -0.39 is 0 Å². The maximum absolute atomic E-state index is 5.96. The molecule has 5 nitrogen and oxygen atoms in total. The van der Waals surface area contributed by atoms with Crippen molar-refractivity contribution in [3.05, 3.63) is 83.4 Å². The first-order valence-electron chi connectivity index (χ1n) is 11.2. The van der Waals surface area contributed by atoms with Gasteiger partial charge in [0.2, 0.25) is 0 Å². The minimum Gasteiger partial charge on any atom is -0.493 e. The molecule has 6 heteroatoms. The zero-order chi connectivity index (χ0) is 23.0. The molecule has 3 aromatic carbocycles. The largest absolute Gasteiger partial charge is 0.493 e. The predicted octanol–water partition coefficient (Wildman–Crippen LogP) is 5.29. The molecular formula is C27H29NO4S. The molecule has 1 aliphatic rings. The van der Waals surface area contributed by atoms with Crippen molar-refractivity contribution in [3.8, 4) is 23.0 Å². The van der Waals surface area contributed by atoms with E-state index in [9.17, 15) is 0 Å². The van der Waals surface area contributed by atoms with Gasteiger partial charge < -0.3 is 23.8 Å². The van der Waals surface area contributed by atoms with Crippen molar-refractivity contribution in [2.45, 2.75) is 19.9 Å². The zero-order valence-corrected chi connectivity index (χ0v) is 19.9. The maximum atomic E-state index is 5.96. The molecule has 0 fully saturated rings. The van der Waals surface area contributed by atoms with Gasteiger partial charge in [-0.25, -0.2) is 0 Å². The molecule has 0 saturated carbocycles. The van der Waals surface area contributed by atoms with Crippen molar-refractivity contribution >= 4 is 17.2 Å². The molecule has 33 heavy (non-hydrogen) atoms. The highest BCUT2D eigenvalue weighted by atomic mass is 32.1. The van der Waals surface area contributed by atoms with Crippen molar-refractivity contribution in [1.29, 1.82) is 0 Å². The van der Waals surface area contributed by atoms with Crippen LogP contribution in [0.2, 0.25) is 0 Å². The lowest BCUT2D eigenvalue weighted by Gasteiger charge is -2.31. The van der Waals surface area contributed by atoms with E-state index in [2.05, 4.69) is 29.2 Å². The molecule has 0 bridgehead atoms. The first-order valence-corrected chi connectivity index (χ1v) is 11.6. The minimum absolute atomic E-state index is 0.380. The molecule has 0 aromatic heterocycles. The van der Waals surface area contributed by atoms with Gasteiger partial charge in [-0.3, -0.25) is 0 Å². The number of hydrogen-bond donors (Lipinski definition) is 0. The van der Waals surface area contributed by atoms with Gasteiger partial charge in [-0.05, 0) is 54.8 Å². The van der Waals surface area contributed by atoms with Crippen LogP contribution in [0.25, 0.3) is 0 Å². The first-order chi connectivity index (χ1) is 16.2. The normalized spacial score (nSPS) is 12.6. The average molecular weight is 464 g/mol. The number of ether oxygens (including phenoxy) is 4. The SMILES string of the molecule is CCOc1cc(C(=S)N2CCc3ccccc3C2)ccc1OCCOc1ccccc1OC. The Balaban J connectivity index is 1.39. The van der Waals surface area contributed by atoms with E-state index in [1.165, 1.54) is 11.1 Å². The highest BCUT2D eigenvalue weighted by Crippen LogP contribution is 2.31. The molecule has 1 aliphatic heterocycles. The molecule has 3 aromatic rings. The number of methoxy groups -OCH3 is 1. The van der Waals surface area contributed by atoms with Crippen molar-refractivity contribution in [3.63, 3.8) is 0 Å². The highest BCUT2D eigenvalue weighted by Gasteiger charge is 2.20. The molecule has 172 valence electrons. The van der Waals surface area contributed by atoms with Gasteiger partial charge in [-0.2, -0.15) is 0 Å². The van der Waals surface area contributed by atoms with E-state index in [4.69, 9.17) is 31.2 Å². The highest BCUT2D eigenvalue weighted by molar-refractivity contribution is 7.80. The molecule has 0 N–H and O–H groups in total. The molecule has 4 rings (SSSR count). The van der Waals surface area contributed by atoms with Crippen LogP contribution in [0.5, 0.6) is 23.0 Å². The second-order valence-corrected chi connectivity index (χ2v) is 8.07. The fourth-order valence-corrected chi connectivity index (χ4v) is 4.20. The monoisotopic (exact) mass is 463 g/mol. The second-order valence-electron chi connectivity index (χ2n) is 7.69. The number of nitrogens with zero attached hydrogens (tertiary/aromatic N) is 1. The summed E-state index contributed by atoms with van der Waals surface area (Å²) in [4.78, 5) is 3.08. The molecule has 0 aliphatic carbocycles. The molecular weight excluding hydrogens is 434 g/mol. The molecule has 0 unspecified atom stereocenters. The molecule has 0 spiro atoms. The van der Waals surface area contributed by atoms with Gasteiger partial charge >= 0.3 is 0 Å². The van der Waals surface area contributed by atoms with E-state index in [-0.39, 0.29) is 0 Å². The van der Waals surface area contributed by atoms with Crippen LogP contribution < -0.4 is 18.9 Å². The van der Waals surface area contributed by atoms with Gasteiger partial charge in [0.25, 0.3) is 0 Å². The lowest BCUT2D eigenvalue weighted by molar-refractivity contribution is 0.203. The molecule has 0 amide bonds. The summed E-state index contributed by atoms with van der Waals surface area (Å²) in [6.07, 6.45) is 1.00. The Morgan fingerprint density at radius 1 is 0.818 bits per heavy atom. The van der Waals surface area contributed by atoms with Crippen LogP contribution in [-0.2, 0) is 13.0 Å². The molecule has 1 heterocycles. The third-order valence-corrected chi connectivity index (χ3v) is 6.07. The summed E-state index contributed by atoms with van der Waals surface area (Å²) < 4.78 is 22.9. The van der Waals surface area contributed by atoms with Crippen LogP contribution in [0.1, 0.15) is 23.6 Å². The number of thiocarbonyl (C=S) groups is 1. The zero-order valence-electron chi connectivity index (χ0n) is 19.1. The van der Waals surface area contributed by atoms with Crippen LogP contribution in [0, 0.1) is 0 Å². The first kappa shape index (κ1) is 22.9. The van der Waals surface area contributed by atoms with Crippen molar-refractivity contribution in [1.82, 2.24) is 4.90 Å². The minimum atomic E-state index is 0.380. The summed E-state index contributed by atoms with van der Waals surface area (Å²) in [5.41, 5.74) is 3.71. The summed E-state index contributed by atoms with van der Waals surface area (Å²) in [6.45, 7) is 5.02. The summed E-state index contributed by atoms with van der Waals surface area (Å²) in [6, 6.07) is 22.0. The number of rotatable bonds is 9. The summed E-state index contributed by atoms with van der Waals surface area (Å²) in [5.74, 6) is 2.76. The summed E-state index contributed by atoms with van der Waals surface area (Å²) in [7, 11) is 1.63. The van der Waals surface area contributed by atoms with E-state index >= 15 is 0 Å². The van der Waals surface area contributed by atoms with Gasteiger partial charge in [-0.15, -0.1) is 0 Å². The third kappa shape index (κ3) is 5.57. The van der Waals surface area contributed by atoms with Gasteiger partial charge in [0.1, 0.15) is 18.2 Å². The standard InChI is InChI=1S/C27H29NO4S/c1-3-30-26-18-21(27(33)28-15-14-20-8-4-5-9-22(20)19-28)12-13-25(26)32-17-16-31-24-11-7-6-10-23(24)29-2/h4-13,18H,3,14-17,19H2,1-2H3. The molecule has 0 radical (unpaired) electrons. The van der Waals surface area contributed by atoms with Crippen LogP contribution in [0.4, 0.5) is 0 Å². The Bertz CT molecular complexity index is 1100. The Hall–Kier alpha value is -3.25. The fraction of sp³-hybridized carbons (Fsp3) is 0.296. The second kappa shape index (κ2) is 11.1. The number of fused-ring (bicyclic) bond motifs is 1. The molecule has 0 saturated heterocycles. The number of para-hydroxylation sites is 2. The topological polar surface area (TPSA) is 40.2 Å². The Morgan fingerprint density at radius 2 is 1.48 bits per heavy atom. The quantitative estimate of drug-likeness (QED) is 0.317. The Labute approximate surface area is 200 Å². The van der Waals surface area contributed by atoms with Crippen molar-refractivity contribution in [2.75, 3.05) is 33.5 Å². The van der Waals surface area contributed by atoms with Crippen LogP contribution in [0.15, 0.2) is 66.7 Å². The number of hydrogen-bond acceptors (Lipinski definition) is 5. The lowest BCUT2D eigenvalue weighted by Crippen LogP contribution is -2.35. The lowest BCUT2D eigenvalue weighted by atomic mass is 9.99. The van der Waals surface area contributed by atoms with E-state index in [0.717, 1.165) is 30.1 Å². The fourth-order valence-electron chi connectivity index (χ4n) is 3.92. The van der Waals surface area contributed by atoms with Gasteiger partial charge in [-0.1, -0.05) is 48.6 Å². The van der Waals surface area contributed by atoms with Crippen LogP contribution in [0.3, 0.4) is 0 Å².